The summed E-state index contributed by atoms with van der Waals surface area (Å²) >= 11 is 0. The number of pyridine rings is 1. The van der Waals surface area contributed by atoms with E-state index in [0.717, 1.165) is 6.07 Å². The van der Waals surface area contributed by atoms with Gasteiger partial charge in [-0.2, -0.15) is 0 Å². The molecule has 1 aromatic carbocycles. The summed E-state index contributed by atoms with van der Waals surface area (Å²) in [7, 11) is -1.60. The number of nitrogens with zero attached hydrogens (tertiary/aromatic N) is 5. The number of piperidine rings is 1. The molecule has 4 heterocycles. The number of alkyl carbamates (subject to hydrolysis) is 1. The molecule has 1 fully saturated rings. The molecule has 1 atom stereocenters. The number of ketones is 1. The first-order valence-electron chi connectivity index (χ1n) is 15.7. The quantitative estimate of drug-likeness (QED) is 0.255. The smallest absolute Gasteiger partial charge is 0.408 e. The molecule has 1 aliphatic rings. The van der Waals surface area contributed by atoms with Crippen LogP contribution in [0.2, 0.25) is 0 Å². The topological polar surface area (TPSA) is 166 Å². The highest BCUT2D eigenvalue weighted by molar-refractivity contribution is 6.12. The van der Waals surface area contributed by atoms with Crippen LogP contribution in [0.1, 0.15) is 53.8 Å². The van der Waals surface area contributed by atoms with Crippen molar-refractivity contribution in [2.75, 3.05) is 37.8 Å². The van der Waals surface area contributed by atoms with Crippen molar-refractivity contribution in [1.29, 1.82) is 0 Å². The number of hydrogen-bond acceptors (Lipinski definition) is 10. The molecule has 0 spiro atoms. The number of nitrogens with two attached hydrogens (primary N) is 1. The van der Waals surface area contributed by atoms with Crippen LogP contribution in [-0.4, -0.2) is 75.5 Å². The van der Waals surface area contributed by atoms with Gasteiger partial charge < -0.3 is 30.7 Å². The number of imidazole rings is 1. The lowest BCUT2D eigenvalue weighted by Gasteiger charge is -2.43. The minimum Gasteiger partial charge on any atom is -0.494 e. The predicted molar refractivity (Wildman–Crippen MR) is 165 cm³/mol. The van der Waals surface area contributed by atoms with Crippen molar-refractivity contribution in [2.45, 2.75) is 44.8 Å². The number of carbonyl (C=O) groups excluding carboxylic acids is 3. The maximum atomic E-state index is 15.4. The van der Waals surface area contributed by atoms with Gasteiger partial charge in [-0.3, -0.25) is 19.0 Å². The van der Waals surface area contributed by atoms with Crippen LogP contribution in [0.4, 0.5) is 25.1 Å². The second-order valence-corrected chi connectivity index (χ2v) is 11.7. The predicted octanol–water partition coefficient (Wildman–Crippen LogP) is 3.50. The summed E-state index contributed by atoms with van der Waals surface area (Å²) in [6, 6.07) is 2.55. The third-order valence-corrected chi connectivity index (χ3v) is 7.46. The molecule has 13 nitrogen and oxygen atoms in total. The lowest BCUT2D eigenvalue weighted by Crippen LogP contribution is -2.66. The fourth-order valence-electron chi connectivity index (χ4n) is 5.42. The standard InChI is InChI=1S/C31H34F2N8O5/c1-30(2,3)46-29(44)39-31(28(43)35-4)7-6-9-40(16-31)22-14-37-21(17-11-20(33)24(45-5)13-19(17)32)12-18(22)25(42)23-15-38-27-26(34)36-8-10-41(23)27/h8,10-15H,6-7,9,16H2,1-5H3,(H2,34,36)(H,35,43)(H,39,44)/i5D3. The van der Waals surface area contributed by atoms with E-state index in [1.54, 1.807) is 25.7 Å². The molecule has 4 aromatic rings. The van der Waals surface area contributed by atoms with Gasteiger partial charge in [0.05, 0.1) is 47.0 Å². The number of carbonyl (C=O) groups is 3. The SMILES string of the molecule is [2H]C([2H])([2H])Oc1cc(F)c(-c2cc(C(=O)c3cnc4c(N)nccn34)c(N3CCCC(NC(=O)OC(C)(C)C)(C(=O)NC)C3)cn2)cc1F. The number of benzene rings is 1. The number of halogens is 2. The molecule has 3 aromatic heterocycles. The highest BCUT2D eigenvalue weighted by Crippen LogP contribution is 2.34. The zero-order valence-electron chi connectivity index (χ0n) is 28.5. The molecule has 0 saturated carbocycles. The van der Waals surface area contributed by atoms with Crippen LogP contribution in [0.25, 0.3) is 16.9 Å². The molecule has 242 valence electrons. The molecule has 1 saturated heterocycles. The van der Waals surface area contributed by atoms with Crippen LogP contribution < -0.4 is 26.0 Å². The summed E-state index contributed by atoms with van der Waals surface area (Å²) in [5.41, 5.74) is 3.52. The number of nitrogen functional groups attached to an aromatic ring is 1. The molecular formula is C31H34F2N8O5. The van der Waals surface area contributed by atoms with Gasteiger partial charge >= 0.3 is 6.09 Å². The highest BCUT2D eigenvalue weighted by Gasteiger charge is 2.45. The molecule has 0 radical (unpaired) electrons. The Morgan fingerprint density at radius 3 is 2.61 bits per heavy atom. The van der Waals surface area contributed by atoms with E-state index in [0.29, 0.717) is 19.0 Å². The molecule has 0 aliphatic carbocycles. The van der Waals surface area contributed by atoms with Crippen LogP contribution in [0.5, 0.6) is 5.75 Å². The van der Waals surface area contributed by atoms with Gasteiger partial charge in [0.2, 0.25) is 11.7 Å². The highest BCUT2D eigenvalue weighted by atomic mass is 19.1. The van der Waals surface area contributed by atoms with Gasteiger partial charge in [-0.25, -0.2) is 23.5 Å². The van der Waals surface area contributed by atoms with Gasteiger partial charge in [0.15, 0.2) is 23.0 Å². The summed E-state index contributed by atoms with van der Waals surface area (Å²) in [4.78, 5) is 54.8. The van der Waals surface area contributed by atoms with E-state index < -0.39 is 53.3 Å². The number of aromatic nitrogens is 4. The van der Waals surface area contributed by atoms with Crippen molar-refractivity contribution in [2.24, 2.45) is 0 Å². The Bertz CT molecular complexity index is 1950. The molecule has 4 N–H and O–H groups in total. The summed E-state index contributed by atoms with van der Waals surface area (Å²) < 4.78 is 63.4. The van der Waals surface area contributed by atoms with Crippen LogP contribution in [0.3, 0.4) is 0 Å². The number of methoxy groups -OCH3 is 1. The average Bonchev–Trinajstić information content (AvgIpc) is 3.45. The number of rotatable bonds is 7. The van der Waals surface area contributed by atoms with E-state index in [1.807, 2.05) is 0 Å². The van der Waals surface area contributed by atoms with Gasteiger partial charge in [-0.15, -0.1) is 0 Å². The van der Waals surface area contributed by atoms with Crippen LogP contribution in [-0.2, 0) is 9.53 Å². The molecule has 2 amide bonds. The third-order valence-electron chi connectivity index (χ3n) is 7.46. The number of likely N-dealkylation sites (N-methyl/N-ethyl adjacent to an activating group) is 1. The van der Waals surface area contributed by atoms with Gasteiger partial charge in [0, 0.05) is 37.6 Å². The van der Waals surface area contributed by atoms with Gasteiger partial charge in [-0.1, -0.05) is 0 Å². The van der Waals surface area contributed by atoms with Gasteiger partial charge in [-0.05, 0) is 45.7 Å². The average molecular weight is 640 g/mol. The van der Waals surface area contributed by atoms with E-state index in [2.05, 4.69) is 30.3 Å². The molecule has 15 heteroatoms. The largest absolute Gasteiger partial charge is 0.494 e. The molecular weight excluding hydrogens is 602 g/mol. The molecule has 46 heavy (non-hydrogen) atoms. The van der Waals surface area contributed by atoms with Crippen LogP contribution in [0, 0.1) is 11.6 Å². The van der Waals surface area contributed by atoms with Crippen LogP contribution in [0.15, 0.2) is 43.0 Å². The molecule has 5 rings (SSSR count). The van der Waals surface area contributed by atoms with Crippen molar-refractivity contribution in [1.82, 2.24) is 30.0 Å². The molecule has 1 aliphatic heterocycles. The Hall–Kier alpha value is -5.34. The Kier molecular flexibility index (Phi) is 7.48. The van der Waals surface area contributed by atoms with E-state index in [1.165, 1.54) is 42.3 Å². The maximum absolute atomic E-state index is 15.4. The van der Waals surface area contributed by atoms with Crippen molar-refractivity contribution < 1.29 is 36.8 Å². The van der Waals surface area contributed by atoms with Gasteiger partial charge in [0.25, 0.3) is 0 Å². The first-order valence-corrected chi connectivity index (χ1v) is 14.2. The van der Waals surface area contributed by atoms with Crippen molar-refractivity contribution in [3.05, 3.63) is 65.9 Å². The van der Waals surface area contributed by atoms with Crippen LogP contribution >= 0.6 is 0 Å². The summed E-state index contributed by atoms with van der Waals surface area (Å²) in [5, 5.41) is 5.31. The fraction of sp³-hybridized carbons (Fsp3) is 0.355. The minimum atomic E-state index is -3.03. The number of ether oxygens (including phenoxy) is 2. The summed E-state index contributed by atoms with van der Waals surface area (Å²) in [6.45, 7) is 5.27. The molecule has 0 bridgehead atoms. The van der Waals surface area contributed by atoms with Crippen molar-refractivity contribution >= 4 is 34.9 Å². The number of fused-ring (bicyclic) bond motifs is 1. The van der Waals surface area contributed by atoms with Crippen molar-refractivity contribution in [3.8, 4) is 17.0 Å². The third kappa shape index (κ3) is 6.12. The van der Waals surface area contributed by atoms with Gasteiger partial charge in [0.1, 0.15) is 22.7 Å². The monoisotopic (exact) mass is 639 g/mol. The van der Waals surface area contributed by atoms with E-state index >= 15 is 4.39 Å². The van der Waals surface area contributed by atoms with E-state index in [9.17, 15) is 18.8 Å². The zero-order chi connectivity index (χ0) is 35.9. The van der Waals surface area contributed by atoms with E-state index in [4.69, 9.17) is 14.6 Å². The Morgan fingerprint density at radius 1 is 1.11 bits per heavy atom. The maximum Gasteiger partial charge on any atom is 0.408 e. The minimum absolute atomic E-state index is 0.0326. The second kappa shape index (κ2) is 12.2. The second-order valence-electron chi connectivity index (χ2n) is 11.7. The fourth-order valence-corrected chi connectivity index (χ4v) is 5.42. The number of hydrogen-bond donors (Lipinski definition) is 3. The Labute approximate surface area is 267 Å². The summed E-state index contributed by atoms with van der Waals surface area (Å²) in [5.74, 6) is -4.11. The normalized spacial score (nSPS) is 17.9. The summed E-state index contributed by atoms with van der Waals surface area (Å²) in [6.07, 6.45) is 5.24. The molecule has 1 unspecified atom stereocenters. The lowest BCUT2D eigenvalue weighted by atomic mass is 9.87. The Morgan fingerprint density at radius 2 is 1.89 bits per heavy atom. The van der Waals surface area contributed by atoms with Crippen molar-refractivity contribution in [3.63, 3.8) is 0 Å². The number of amides is 2. The Balaban J connectivity index is 1.63. The first kappa shape index (κ1) is 28.2. The van der Waals surface area contributed by atoms with E-state index in [-0.39, 0.29) is 52.6 Å². The first-order chi connectivity index (χ1) is 22.9. The lowest BCUT2D eigenvalue weighted by molar-refractivity contribution is -0.127. The number of nitrogens with one attached hydrogen (secondary N) is 2. The zero-order valence-corrected chi connectivity index (χ0v) is 25.5. The number of anilines is 2.